The van der Waals surface area contributed by atoms with Gasteiger partial charge < -0.3 is 29.6 Å². The second kappa shape index (κ2) is 12.2. The fourth-order valence-electron chi connectivity index (χ4n) is 3.40. The lowest BCUT2D eigenvalue weighted by Gasteiger charge is -2.22. The molecule has 31 heavy (non-hydrogen) atoms. The normalized spacial score (nSPS) is 14.9. The molecule has 0 radical (unpaired) electrons. The van der Waals surface area contributed by atoms with E-state index in [1.54, 1.807) is 14.2 Å². The fourth-order valence-corrected chi connectivity index (χ4v) is 3.40. The zero-order valence-corrected chi connectivity index (χ0v) is 18.6. The van der Waals surface area contributed by atoms with Crippen LogP contribution in [0.25, 0.3) is 0 Å². The summed E-state index contributed by atoms with van der Waals surface area (Å²) in [6.07, 6.45) is 2.23. The molecule has 7 nitrogen and oxygen atoms in total. The van der Waals surface area contributed by atoms with Crippen LogP contribution in [0.2, 0.25) is 0 Å². The number of anilines is 1. The Kier molecular flexibility index (Phi) is 8.99. The average molecular weight is 428 g/mol. The zero-order chi connectivity index (χ0) is 21.9. The quantitative estimate of drug-likeness (QED) is 0.466. The number of nitrogens with one attached hydrogen (secondary N) is 2. The summed E-state index contributed by atoms with van der Waals surface area (Å²) in [5.74, 6) is 2.06. The first-order valence-corrected chi connectivity index (χ1v) is 10.8. The van der Waals surface area contributed by atoms with E-state index in [4.69, 9.17) is 23.9 Å². The van der Waals surface area contributed by atoms with Crippen LogP contribution in [0, 0.1) is 0 Å². The van der Waals surface area contributed by atoms with Crippen molar-refractivity contribution >= 4 is 11.6 Å². The summed E-state index contributed by atoms with van der Waals surface area (Å²) >= 11 is 0. The minimum Gasteiger partial charge on any atom is -0.493 e. The summed E-state index contributed by atoms with van der Waals surface area (Å²) in [5.41, 5.74) is 3.17. The van der Waals surface area contributed by atoms with Gasteiger partial charge in [-0.25, -0.2) is 4.99 Å². The molecule has 0 spiro atoms. The second-order valence-corrected chi connectivity index (χ2v) is 7.33. The van der Waals surface area contributed by atoms with Crippen LogP contribution in [0.5, 0.6) is 11.5 Å². The Labute approximate surface area is 184 Å². The molecule has 1 aliphatic heterocycles. The molecule has 7 heteroatoms. The zero-order valence-electron chi connectivity index (χ0n) is 18.6. The van der Waals surface area contributed by atoms with Crippen molar-refractivity contribution < 1.29 is 18.9 Å². The highest BCUT2D eigenvalue weighted by atomic mass is 16.5. The van der Waals surface area contributed by atoms with Crippen molar-refractivity contribution in [2.75, 3.05) is 39.3 Å². The molecule has 0 aliphatic carbocycles. The van der Waals surface area contributed by atoms with Gasteiger partial charge in [0.15, 0.2) is 17.5 Å². The minimum absolute atomic E-state index is 0.293. The number of rotatable bonds is 9. The third kappa shape index (κ3) is 7.15. The molecule has 168 valence electrons. The van der Waals surface area contributed by atoms with Crippen LogP contribution in [-0.2, 0) is 22.6 Å². The SMILES string of the molecule is CCNC(=NCc1cccc(COC2CCOCC2)c1)Nc1ccc(OC)c(OC)c1. The van der Waals surface area contributed by atoms with Gasteiger partial charge in [-0.2, -0.15) is 0 Å². The van der Waals surface area contributed by atoms with Crippen LogP contribution < -0.4 is 20.1 Å². The Bertz CT molecular complexity index is 850. The highest BCUT2D eigenvalue weighted by Gasteiger charge is 2.14. The standard InChI is InChI=1S/C24H33N3O4/c1-4-25-24(27-20-8-9-22(28-2)23(15-20)29-3)26-16-18-6-5-7-19(14-18)17-31-21-10-12-30-13-11-21/h5-9,14-15,21H,4,10-13,16-17H2,1-3H3,(H2,25,26,27). The number of aliphatic imine (C=N–C) groups is 1. The summed E-state index contributed by atoms with van der Waals surface area (Å²) in [6.45, 7) is 5.57. The molecule has 0 atom stereocenters. The molecule has 0 aromatic heterocycles. The van der Waals surface area contributed by atoms with Gasteiger partial charge in [-0.1, -0.05) is 24.3 Å². The third-order valence-electron chi connectivity index (χ3n) is 5.06. The first-order valence-electron chi connectivity index (χ1n) is 10.8. The molecular formula is C24H33N3O4. The van der Waals surface area contributed by atoms with Gasteiger partial charge in [0.1, 0.15) is 0 Å². The lowest BCUT2D eigenvalue weighted by molar-refractivity contribution is -0.0390. The van der Waals surface area contributed by atoms with Crippen molar-refractivity contribution in [1.29, 1.82) is 0 Å². The molecule has 3 rings (SSSR count). The first kappa shape index (κ1) is 22.9. The van der Waals surface area contributed by atoms with Crippen molar-refractivity contribution in [2.24, 2.45) is 4.99 Å². The van der Waals surface area contributed by atoms with Gasteiger partial charge >= 0.3 is 0 Å². The number of benzene rings is 2. The second-order valence-electron chi connectivity index (χ2n) is 7.33. The predicted molar refractivity (Wildman–Crippen MR) is 123 cm³/mol. The molecule has 0 saturated carbocycles. The number of methoxy groups -OCH3 is 2. The molecule has 1 fully saturated rings. The summed E-state index contributed by atoms with van der Waals surface area (Å²) in [5, 5.41) is 6.61. The van der Waals surface area contributed by atoms with Crippen LogP contribution in [0.3, 0.4) is 0 Å². The van der Waals surface area contributed by atoms with E-state index in [0.29, 0.717) is 36.7 Å². The summed E-state index contributed by atoms with van der Waals surface area (Å²) in [7, 11) is 3.25. The lowest BCUT2D eigenvalue weighted by atomic mass is 10.1. The summed E-state index contributed by atoms with van der Waals surface area (Å²) < 4.78 is 22.1. The molecule has 1 saturated heterocycles. The van der Waals surface area contributed by atoms with Crippen molar-refractivity contribution in [1.82, 2.24) is 5.32 Å². The van der Waals surface area contributed by atoms with E-state index in [-0.39, 0.29) is 0 Å². The van der Waals surface area contributed by atoms with Crippen molar-refractivity contribution in [2.45, 2.75) is 39.0 Å². The largest absolute Gasteiger partial charge is 0.493 e. The van der Waals surface area contributed by atoms with E-state index in [9.17, 15) is 0 Å². The highest BCUT2D eigenvalue weighted by Crippen LogP contribution is 2.29. The van der Waals surface area contributed by atoms with Crippen LogP contribution in [0.1, 0.15) is 30.9 Å². The first-order chi connectivity index (χ1) is 15.2. The Morgan fingerprint density at radius 2 is 1.81 bits per heavy atom. The molecular weight excluding hydrogens is 394 g/mol. The molecule has 2 aromatic carbocycles. The molecule has 1 heterocycles. The third-order valence-corrected chi connectivity index (χ3v) is 5.06. The molecule has 0 unspecified atom stereocenters. The molecule has 2 aromatic rings. The molecule has 0 bridgehead atoms. The van der Waals surface area contributed by atoms with Gasteiger partial charge in [-0.3, -0.25) is 0 Å². The topological polar surface area (TPSA) is 73.3 Å². The Morgan fingerprint density at radius 1 is 1.03 bits per heavy atom. The van der Waals surface area contributed by atoms with Crippen molar-refractivity contribution in [3.63, 3.8) is 0 Å². The number of hydrogen-bond donors (Lipinski definition) is 2. The van der Waals surface area contributed by atoms with Gasteiger partial charge in [0, 0.05) is 31.5 Å². The monoisotopic (exact) mass is 427 g/mol. The van der Waals surface area contributed by atoms with Gasteiger partial charge in [0.05, 0.1) is 33.5 Å². The smallest absolute Gasteiger partial charge is 0.196 e. The van der Waals surface area contributed by atoms with E-state index >= 15 is 0 Å². The van der Waals surface area contributed by atoms with Crippen LogP contribution in [-0.4, -0.2) is 46.0 Å². The molecule has 1 aliphatic rings. The number of ether oxygens (including phenoxy) is 4. The van der Waals surface area contributed by atoms with Gasteiger partial charge in [-0.15, -0.1) is 0 Å². The van der Waals surface area contributed by atoms with Crippen LogP contribution in [0.4, 0.5) is 5.69 Å². The summed E-state index contributed by atoms with van der Waals surface area (Å²) in [6, 6.07) is 14.1. The maximum absolute atomic E-state index is 6.05. The molecule has 2 N–H and O–H groups in total. The van der Waals surface area contributed by atoms with E-state index in [1.165, 1.54) is 0 Å². The van der Waals surface area contributed by atoms with Crippen LogP contribution >= 0.6 is 0 Å². The van der Waals surface area contributed by atoms with Crippen molar-refractivity contribution in [3.8, 4) is 11.5 Å². The number of guanidine groups is 1. The number of hydrogen-bond acceptors (Lipinski definition) is 5. The fraction of sp³-hybridized carbons (Fsp3) is 0.458. The van der Waals surface area contributed by atoms with Crippen LogP contribution in [0.15, 0.2) is 47.5 Å². The predicted octanol–water partition coefficient (Wildman–Crippen LogP) is 3.98. The maximum atomic E-state index is 6.05. The van der Waals surface area contributed by atoms with Gasteiger partial charge in [-0.05, 0) is 43.0 Å². The summed E-state index contributed by atoms with van der Waals surface area (Å²) in [4.78, 5) is 4.73. The maximum Gasteiger partial charge on any atom is 0.196 e. The Balaban J connectivity index is 1.62. The van der Waals surface area contributed by atoms with E-state index in [1.807, 2.05) is 25.1 Å². The van der Waals surface area contributed by atoms with Gasteiger partial charge in [0.2, 0.25) is 0 Å². The number of nitrogens with zero attached hydrogens (tertiary/aromatic N) is 1. The van der Waals surface area contributed by atoms with E-state index < -0.39 is 0 Å². The van der Waals surface area contributed by atoms with Gasteiger partial charge in [0.25, 0.3) is 0 Å². The Hall–Kier alpha value is -2.77. The lowest BCUT2D eigenvalue weighted by Crippen LogP contribution is -2.30. The minimum atomic E-state index is 0.293. The van der Waals surface area contributed by atoms with Crippen molar-refractivity contribution in [3.05, 3.63) is 53.6 Å². The average Bonchev–Trinajstić information content (AvgIpc) is 2.82. The highest BCUT2D eigenvalue weighted by molar-refractivity contribution is 5.93. The van der Waals surface area contributed by atoms with E-state index in [0.717, 1.165) is 49.4 Å². The van der Waals surface area contributed by atoms with E-state index in [2.05, 4.69) is 34.9 Å². The molecule has 0 amide bonds. The Morgan fingerprint density at radius 3 is 2.55 bits per heavy atom.